The number of rotatable bonds is 4. The Morgan fingerprint density at radius 1 is 1.23 bits per heavy atom. The van der Waals surface area contributed by atoms with E-state index in [1.807, 2.05) is 0 Å². The molecule has 1 fully saturated rings. The Kier molecular flexibility index (Phi) is 5.37. The van der Waals surface area contributed by atoms with E-state index in [2.05, 4.69) is 20.2 Å². The van der Waals surface area contributed by atoms with Crippen molar-refractivity contribution in [3.63, 3.8) is 0 Å². The van der Waals surface area contributed by atoms with Gasteiger partial charge in [-0.25, -0.2) is 9.97 Å². The highest BCUT2D eigenvalue weighted by Crippen LogP contribution is 2.22. The maximum atomic E-state index is 12.6. The van der Waals surface area contributed by atoms with Crippen molar-refractivity contribution in [3.8, 4) is 0 Å². The van der Waals surface area contributed by atoms with Gasteiger partial charge in [0.15, 0.2) is 5.69 Å². The van der Waals surface area contributed by atoms with Crippen LogP contribution in [-0.2, 0) is 0 Å². The summed E-state index contributed by atoms with van der Waals surface area (Å²) in [5.41, 5.74) is 7.06. The first kappa shape index (κ1) is 18.1. The quantitative estimate of drug-likeness (QED) is 0.858. The molecule has 0 saturated carbocycles. The van der Waals surface area contributed by atoms with Gasteiger partial charge in [0.2, 0.25) is 11.9 Å². The SMILES string of the molecule is Cc1cc(C(N)=O)ccc1NC(=O)c1nc(N2CCCCC2)ncc1Cl. The lowest BCUT2D eigenvalue weighted by atomic mass is 10.1. The number of aryl methyl sites for hydroxylation is 1. The summed E-state index contributed by atoms with van der Waals surface area (Å²) in [6.07, 6.45) is 4.81. The number of hydrogen-bond donors (Lipinski definition) is 2. The van der Waals surface area contributed by atoms with E-state index in [-0.39, 0.29) is 10.7 Å². The van der Waals surface area contributed by atoms with Crippen LogP contribution in [0.3, 0.4) is 0 Å². The molecule has 0 unspecified atom stereocenters. The molecule has 26 heavy (non-hydrogen) atoms. The van der Waals surface area contributed by atoms with Gasteiger partial charge in [-0.05, 0) is 49.9 Å². The van der Waals surface area contributed by atoms with Crippen LogP contribution < -0.4 is 16.0 Å². The van der Waals surface area contributed by atoms with Gasteiger partial charge in [-0.15, -0.1) is 0 Å². The minimum absolute atomic E-state index is 0.126. The van der Waals surface area contributed by atoms with Gasteiger partial charge in [0, 0.05) is 24.3 Å². The van der Waals surface area contributed by atoms with Crippen LogP contribution in [-0.4, -0.2) is 34.9 Å². The number of amides is 2. The summed E-state index contributed by atoms with van der Waals surface area (Å²) in [5.74, 6) is -0.429. The lowest BCUT2D eigenvalue weighted by Crippen LogP contribution is -2.31. The van der Waals surface area contributed by atoms with Crippen LogP contribution in [0.25, 0.3) is 0 Å². The molecular formula is C18H20ClN5O2. The monoisotopic (exact) mass is 373 g/mol. The molecule has 1 saturated heterocycles. The van der Waals surface area contributed by atoms with E-state index in [0.29, 0.717) is 17.2 Å². The van der Waals surface area contributed by atoms with Gasteiger partial charge in [-0.1, -0.05) is 11.6 Å². The molecule has 2 aromatic rings. The van der Waals surface area contributed by atoms with Crippen molar-refractivity contribution in [2.24, 2.45) is 5.73 Å². The standard InChI is InChI=1S/C18H20ClN5O2/c1-11-9-12(16(20)25)5-6-14(11)22-17(26)15-13(19)10-21-18(23-15)24-7-3-2-4-8-24/h5-6,9-10H,2-4,7-8H2,1H3,(H2,20,25)(H,22,26). The number of nitrogens with one attached hydrogen (secondary N) is 1. The Morgan fingerprint density at radius 3 is 2.62 bits per heavy atom. The highest BCUT2D eigenvalue weighted by molar-refractivity contribution is 6.34. The minimum Gasteiger partial charge on any atom is -0.366 e. The second kappa shape index (κ2) is 7.70. The third-order valence-corrected chi connectivity index (χ3v) is 4.62. The number of carbonyl (C=O) groups is 2. The number of anilines is 2. The van der Waals surface area contributed by atoms with E-state index in [4.69, 9.17) is 17.3 Å². The molecule has 2 heterocycles. The van der Waals surface area contributed by atoms with Crippen LogP contribution in [0.15, 0.2) is 24.4 Å². The number of carbonyl (C=O) groups excluding carboxylic acids is 2. The van der Waals surface area contributed by atoms with E-state index in [1.165, 1.54) is 12.6 Å². The fourth-order valence-corrected chi connectivity index (χ4v) is 3.08. The first-order chi connectivity index (χ1) is 12.5. The van der Waals surface area contributed by atoms with Gasteiger partial charge in [-0.2, -0.15) is 0 Å². The second-order valence-corrected chi connectivity index (χ2v) is 6.67. The van der Waals surface area contributed by atoms with Crippen LogP contribution in [0.1, 0.15) is 45.7 Å². The molecule has 3 N–H and O–H groups in total. The lowest BCUT2D eigenvalue weighted by Gasteiger charge is -2.26. The molecule has 0 bridgehead atoms. The fraction of sp³-hybridized carbons (Fsp3) is 0.333. The zero-order valence-corrected chi connectivity index (χ0v) is 15.2. The molecule has 1 aromatic heterocycles. The number of nitrogens with zero attached hydrogens (tertiary/aromatic N) is 3. The van der Waals surface area contributed by atoms with Crippen LogP contribution in [0.4, 0.5) is 11.6 Å². The molecule has 1 aromatic carbocycles. The number of aromatic nitrogens is 2. The maximum Gasteiger partial charge on any atom is 0.276 e. The van der Waals surface area contributed by atoms with Crippen LogP contribution >= 0.6 is 11.6 Å². The van der Waals surface area contributed by atoms with Crippen molar-refractivity contribution in [3.05, 3.63) is 46.2 Å². The molecule has 0 atom stereocenters. The average Bonchev–Trinajstić information content (AvgIpc) is 2.64. The number of hydrogen-bond acceptors (Lipinski definition) is 5. The Hall–Kier alpha value is -2.67. The second-order valence-electron chi connectivity index (χ2n) is 6.26. The molecular weight excluding hydrogens is 354 g/mol. The summed E-state index contributed by atoms with van der Waals surface area (Å²) in [6.45, 7) is 3.52. The molecule has 136 valence electrons. The number of halogens is 1. The largest absolute Gasteiger partial charge is 0.366 e. The first-order valence-corrected chi connectivity index (χ1v) is 8.83. The summed E-state index contributed by atoms with van der Waals surface area (Å²) < 4.78 is 0. The van der Waals surface area contributed by atoms with E-state index >= 15 is 0 Å². The Bertz CT molecular complexity index is 849. The first-order valence-electron chi connectivity index (χ1n) is 8.45. The van der Waals surface area contributed by atoms with E-state index < -0.39 is 11.8 Å². The lowest BCUT2D eigenvalue weighted by molar-refractivity contribution is 0.0998. The third-order valence-electron chi connectivity index (χ3n) is 4.34. The summed E-state index contributed by atoms with van der Waals surface area (Å²) in [6, 6.07) is 4.82. The average molecular weight is 374 g/mol. The summed E-state index contributed by atoms with van der Waals surface area (Å²) in [5, 5.41) is 2.97. The molecule has 0 radical (unpaired) electrons. The van der Waals surface area contributed by atoms with Crippen molar-refractivity contribution in [2.45, 2.75) is 26.2 Å². The topological polar surface area (TPSA) is 101 Å². The smallest absolute Gasteiger partial charge is 0.276 e. The zero-order chi connectivity index (χ0) is 18.7. The van der Waals surface area contributed by atoms with Gasteiger partial charge < -0.3 is 16.0 Å². The molecule has 2 amide bonds. The van der Waals surface area contributed by atoms with Crippen molar-refractivity contribution in [1.82, 2.24) is 9.97 Å². The number of primary amides is 1. The predicted molar refractivity (Wildman–Crippen MR) is 101 cm³/mol. The molecule has 0 spiro atoms. The van der Waals surface area contributed by atoms with Crippen molar-refractivity contribution in [2.75, 3.05) is 23.3 Å². The van der Waals surface area contributed by atoms with Gasteiger partial charge in [-0.3, -0.25) is 9.59 Å². The van der Waals surface area contributed by atoms with Crippen molar-refractivity contribution in [1.29, 1.82) is 0 Å². The van der Waals surface area contributed by atoms with Crippen LogP contribution in [0.5, 0.6) is 0 Å². The summed E-state index contributed by atoms with van der Waals surface area (Å²) >= 11 is 6.14. The third kappa shape index (κ3) is 3.94. The normalized spacial score (nSPS) is 14.2. The molecule has 1 aliphatic heterocycles. The Labute approximate surface area is 156 Å². The molecule has 7 nitrogen and oxygen atoms in total. The van der Waals surface area contributed by atoms with Crippen molar-refractivity contribution < 1.29 is 9.59 Å². The minimum atomic E-state index is -0.518. The molecule has 1 aliphatic rings. The van der Waals surface area contributed by atoms with Gasteiger partial charge in [0.1, 0.15) is 0 Å². The van der Waals surface area contributed by atoms with E-state index in [1.54, 1.807) is 25.1 Å². The van der Waals surface area contributed by atoms with Crippen molar-refractivity contribution >= 4 is 35.1 Å². The van der Waals surface area contributed by atoms with E-state index in [0.717, 1.165) is 31.5 Å². The summed E-state index contributed by atoms with van der Waals surface area (Å²) in [4.78, 5) is 34.6. The Morgan fingerprint density at radius 2 is 1.96 bits per heavy atom. The van der Waals surface area contributed by atoms with E-state index in [9.17, 15) is 9.59 Å². The predicted octanol–water partition coefficient (Wildman–Crippen LogP) is 2.78. The maximum absolute atomic E-state index is 12.6. The number of benzene rings is 1. The van der Waals surface area contributed by atoms with Gasteiger partial charge in [0.05, 0.1) is 11.2 Å². The summed E-state index contributed by atoms with van der Waals surface area (Å²) in [7, 11) is 0. The Balaban J connectivity index is 1.82. The fourth-order valence-electron chi connectivity index (χ4n) is 2.90. The highest BCUT2D eigenvalue weighted by Gasteiger charge is 2.19. The highest BCUT2D eigenvalue weighted by atomic mass is 35.5. The number of piperidine rings is 1. The van der Waals surface area contributed by atoms with Crippen LogP contribution in [0.2, 0.25) is 5.02 Å². The van der Waals surface area contributed by atoms with Crippen LogP contribution in [0, 0.1) is 6.92 Å². The molecule has 0 aliphatic carbocycles. The van der Waals surface area contributed by atoms with Gasteiger partial charge in [0.25, 0.3) is 5.91 Å². The molecule has 3 rings (SSSR count). The zero-order valence-electron chi connectivity index (χ0n) is 14.5. The number of nitrogens with two attached hydrogens (primary N) is 1. The molecule has 8 heteroatoms. The van der Waals surface area contributed by atoms with Gasteiger partial charge >= 0.3 is 0 Å².